The maximum Gasteiger partial charge on any atom is 0.251 e. The number of hydrogen-bond donors (Lipinski definition) is 3. The van der Waals surface area contributed by atoms with E-state index in [4.69, 9.17) is 0 Å². The summed E-state index contributed by atoms with van der Waals surface area (Å²) in [5.41, 5.74) is 0.131. The number of hydrogen-bond acceptors (Lipinski definition) is 6. The zero-order valence-corrected chi connectivity index (χ0v) is 14.8. The third-order valence-electron chi connectivity index (χ3n) is 4.33. The number of rotatable bonds is 5. The molecule has 2 heterocycles. The molecule has 8 heteroatoms. The van der Waals surface area contributed by atoms with Crippen LogP contribution < -0.4 is 15.5 Å². The number of aromatic nitrogens is 2. The molecule has 1 amide bonds. The van der Waals surface area contributed by atoms with Crippen molar-refractivity contribution in [3.8, 4) is 11.4 Å². The van der Waals surface area contributed by atoms with E-state index in [0.29, 0.717) is 29.9 Å². The Labute approximate surface area is 151 Å². The summed E-state index contributed by atoms with van der Waals surface area (Å²) in [6.45, 7) is 1.38. The molecule has 0 bridgehead atoms. The van der Waals surface area contributed by atoms with E-state index in [1.54, 1.807) is 43.3 Å². The van der Waals surface area contributed by atoms with E-state index in [1.807, 2.05) is 0 Å². The van der Waals surface area contributed by atoms with Crippen LogP contribution in [0.15, 0.2) is 30.5 Å². The van der Waals surface area contributed by atoms with Crippen LogP contribution in [0.2, 0.25) is 0 Å². The minimum Gasteiger partial charge on any atom is -0.387 e. The highest BCUT2D eigenvalue weighted by Gasteiger charge is 2.31. The first-order valence-corrected chi connectivity index (χ1v) is 8.40. The van der Waals surface area contributed by atoms with Crippen LogP contribution in [-0.4, -0.2) is 60.3 Å². The van der Waals surface area contributed by atoms with E-state index in [9.17, 15) is 14.3 Å². The van der Waals surface area contributed by atoms with Crippen LogP contribution in [0.5, 0.6) is 0 Å². The molecule has 138 valence electrons. The van der Waals surface area contributed by atoms with Gasteiger partial charge in [0.05, 0.1) is 11.8 Å². The summed E-state index contributed by atoms with van der Waals surface area (Å²) in [5, 5.41) is 16.1. The molecule has 3 N–H and O–H groups in total. The molecule has 0 unspecified atom stereocenters. The summed E-state index contributed by atoms with van der Waals surface area (Å²) in [4.78, 5) is 22.2. The molecule has 7 nitrogen and oxygen atoms in total. The lowest BCUT2D eigenvalue weighted by molar-refractivity contribution is 0.0562. The van der Waals surface area contributed by atoms with Gasteiger partial charge in [-0.25, -0.2) is 14.4 Å². The Hall–Kier alpha value is -2.58. The molecule has 26 heavy (non-hydrogen) atoms. The molecule has 1 fully saturated rings. The summed E-state index contributed by atoms with van der Waals surface area (Å²) in [7, 11) is 3.39. The predicted octanol–water partition coefficient (Wildman–Crippen LogP) is 0.803. The zero-order valence-electron chi connectivity index (χ0n) is 14.8. The van der Waals surface area contributed by atoms with Crippen molar-refractivity contribution in [1.29, 1.82) is 0 Å². The van der Waals surface area contributed by atoms with Crippen molar-refractivity contribution in [1.82, 2.24) is 20.6 Å². The first-order valence-electron chi connectivity index (χ1n) is 8.40. The van der Waals surface area contributed by atoms with Gasteiger partial charge in [-0.3, -0.25) is 4.79 Å². The van der Waals surface area contributed by atoms with Crippen molar-refractivity contribution in [2.45, 2.75) is 12.0 Å². The number of aliphatic hydroxyl groups is 1. The lowest BCUT2D eigenvalue weighted by Gasteiger charge is -2.21. The fourth-order valence-electron chi connectivity index (χ4n) is 2.84. The average molecular weight is 359 g/mol. The summed E-state index contributed by atoms with van der Waals surface area (Å²) < 4.78 is 13.8. The topological polar surface area (TPSA) is 90.4 Å². The Morgan fingerprint density at radius 3 is 2.96 bits per heavy atom. The predicted molar refractivity (Wildman–Crippen MR) is 96.5 cm³/mol. The molecular weight excluding hydrogens is 337 g/mol. The number of carbonyl (C=O) groups is 1. The maximum atomic E-state index is 13.8. The Bertz CT molecular complexity index is 806. The molecule has 1 saturated heterocycles. The Morgan fingerprint density at radius 1 is 1.46 bits per heavy atom. The third-order valence-corrected chi connectivity index (χ3v) is 4.33. The van der Waals surface area contributed by atoms with Gasteiger partial charge in [-0.05, 0) is 25.1 Å². The Balaban J connectivity index is 1.77. The normalized spacial score (nSPS) is 19.4. The summed E-state index contributed by atoms with van der Waals surface area (Å²) >= 11 is 0. The molecule has 1 aliphatic rings. The number of nitrogens with one attached hydrogen (secondary N) is 2. The van der Waals surface area contributed by atoms with Crippen molar-refractivity contribution in [3.05, 3.63) is 41.8 Å². The van der Waals surface area contributed by atoms with Crippen LogP contribution in [0.25, 0.3) is 11.4 Å². The number of β-amino-alcohol motifs (C(OH)–C–C–N with tert-alkyl or cyclic N) is 1. The van der Waals surface area contributed by atoms with Crippen LogP contribution >= 0.6 is 0 Å². The number of halogens is 1. The average Bonchev–Trinajstić information content (AvgIpc) is 3.07. The second-order valence-electron chi connectivity index (χ2n) is 6.67. The van der Waals surface area contributed by atoms with Crippen molar-refractivity contribution in [2.75, 3.05) is 38.6 Å². The van der Waals surface area contributed by atoms with E-state index >= 15 is 0 Å². The second-order valence-corrected chi connectivity index (χ2v) is 6.67. The molecule has 0 radical (unpaired) electrons. The van der Waals surface area contributed by atoms with Crippen LogP contribution in [0.3, 0.4) is 0 Å². The quantitative estimate of drug-likeness (QED) is 0.732. The monoisotopic (exact) mass is 359 g/mol. The fourth-order valence-corrected chi connectivity index (χ4v) is 2.84. The van der Waals surface area contributed by atoms with Crippen LogP contribution in [0.4, 0.5) is 10.2 Å². The molecule has 0 spiro atoms. The first kappa shape index (κ1) is 18.2. The highest BCUT2D eigenvalue weighted by Crippen LogP contribution is 2.21. The van der Waals surface area contributed by atoms with E-state index in [-0.39, 0.29) is 18.3 Å². The number of nitrogens with zero attached hydrogens (tertiary/aromatic N) is 3. The van der Waals surface area contributed by atoms with E-state index in [2.05, 4.69) is 20.6 Å². The van der Waals surface area contributed by atoms with Crippen molar-refractivity contribution in [2.24, 2.45) is 0 Å². The van der Waals surface area contributed by atoms with Gasteiger partial charge < -0.3 is 20.6 Å². The molecular formula is C18H22FN5O2. The lowest BCUT2D eigenvalue weighted by atomic mass is 10.0. The Morgan fingerprint density at radius 2 is 2.27 bits per heavy atom. The summed E-state index contributed by atoms with van der Waals surface area (Å²) in [6.07, 6.45) is 1.72. The molecule has 2 aromatic rings. The molecule has 1 atom stereocenters. The SMILES string of the molecule is CN(C)c1nc(-c2cccc(C(=O)NC[C@@]3(O)CCNC3)c2)ncc1F. The lowest BCUT2D eigenvalue weighted by Crippen LogP contribution is -2.44. The Kier molecular flexibility index (Phi) is 5.15. The highest BCUT2D eigenvalue weighted by atomic mass is 19.1. The van der Waals surface area contributed by atoms with Gasteiger partial charge in [0.2, 0.25) is 0 Å². The molecule has 1 aromatic heterocycles. The van der Waals surface area contributed by atoms with Gasteiger partial charge in [-0.1, -0.05) is 12.1 Å². The van der Waals surface area contributed by atoms with E-state index in [0.717, 1.165) is 12.7 Å². The van der Waals surface area contributed by atoms with Gasteiger partial charge >= 0.3 is 0 Å². The fraction of sp³-hybridized carbons (Fsp3) is 0.389. The van der Waals surface area contributed by atoms with Crippen molar-refractivity contribution in [3.63, 3.8) is 0 Å². The first-order chi connectivity index (χ1) is 12.4. The minimum atomic E-state index is -0.909. The largest absolute Gasteiger partial charge is 0.387 e. The third kappa shape index (κ3) is 3.97. The number of benzene rings is 1. The summed E-state index contributed by atoms with van der Waals surface area (Å²) in [5.74, 6) is -0.280. The van der Waals surface area contributed by atoms with Gasteiger partial charge in [-0.15, -0.1) is 0 Å². The minimum absolute atomic E-state index is 0.181. The number of anilines is 1. The molecule has 1 aromatic carbocycles. The highest BCUT2D eigenvalue weighted by molar-refractivity contribution is 5.95. The summed E-state index contributed by atoms with van der Waals surface area (Å²) in [6, 6.07) is 6.81. The molecule has 0 saturated carbocycles. The second kappa shape index (κ2) is 7.35. The van der Waals surface area contributed by atoms with Gasteiger partial charge in [-0.2, -0.15) is 0 Å². The molecule has 0 aliphatic carbocycles. The maximum absolute atomic E-state index is 13.8. The molecule has 1 aliphatic heterocycles. The van der Waals surface area contributed by atoms with Gasteiger partial charge in [0.25, 0.3) is 5.91 Å². The van der Waals surface area contributed by atoms with Gasteiger partial charge in [0.15, 0.2) is 17.5 Å². The van der Waals surface area contributed by atoms with Gasteiger partial charge in [0.1, 0.15) is 0 Å². The van der Waals surface area contributed by atoms with Crippen LogP contribution in [0.1, 0.15) is 16.8 Å². The number of amides is 1. The standard InChI is InChI=1S/C18H22FN5O2/c1-24(2)16-14(19)9-21-15(23-16)12-4-3-5-13(8-12)17(25)22-11-18(26)6-7-20-10-18/h3-5,8-9,20,26H,6-7,10-11H2,1-2H3,(H,22,25)/t18-/m1/s1. The number of carbonyl (C=O) groups excluding carboxylic acids is 1. The smallest absolute Gasteiger partial charge is 0.251 e. The van der Waals surface area contributed by atoms with Crippen molar-refractivity contribution >= 4 is 11.7 Å². The van der Waals surface area contributed by atoms with E-state index in [1.165, 1.54) is 0 Å². The van der Waals surface area contributed by atoms with Crippen LogP contribution in [0, 0.1) is 5.82 Å². The van der Waals surface area contributed by atoms with E-state index < -0.39 is 11.4 Å². The van der Waals surface area contributed by atoms with Crippen molar-refractivity contribution < 1.29 is 14.3 Å². The van der Waals surface area contributed by atoms with Gasteiger partial charge in [0, 0.05) is 38.3 Å². The zero-order chi connectivity index (χ0) is 18.7. The molecule has 3 rings (SSSR count). The van der Waals surface area contributed by atoms with Crippen LogP contribution in [-0.2, 0) is 0 Å².